The second-order valence-corrected chi connectivity index (χ2v) is 10.7. The minimum absolute atomic E-state index is 0.0145. The molecule has 1 atom stereocenters. The molecule has 13 heteroatoms. The quantitative estimate of drug-likeness (QED) is 0.288. The number of ether oxygens (including phenoxy) is 2. The van der Waals surface area contributed by atoms with Gasteiger partial charge in [0.15, 0.2) is 0 Å². The van der Waals surface area contributed by atoms with Crippen molar-refractivity contribution in [1.29, 1.82) is 0 Å². The highest BCUT2D eigenvalue weighted by Crippen LogP contribution is 2.34. The van der Waals surface area contributed by atoms with E-state index in [0.29, 0.717) is 23.9 Å². The van der Waals surface area contributed by atoms with Crippen LogP contribution in [0.25, 0.3) is 16.8 Å². The number of hydrogen-bond acceptors (Lipinski definition) is 6. The number of methoxy groups -OCH3 is 1. The molecule has 0 fully saturated rings. The van der Waals surface area contributed by atoms with Gasteiger partial charge in [0.1, 0.15) is 23.2 Å². The lowest BCUT2D eigenvalue weighted by molar-refractivity contribution is 0.118. The maximum atomic E-state index is 15.3. The van der Waals surface area contributed by atoms with Crippen LogP contribution in [-0.4, -0.2) is 50.3 Å². The van der Waals surface area contributed by atoms with Gasteiger partial charge >= 0.3 is 0 Å². The van der Waals surface area contributed by atoms with Crippen molar-refractivity contribution in [2.45, 2.75) is 32.5 Å². The molecule has 0 radical (unpaired) electrons. The Labute approximate surface area is 224 Å². The average Bonchev–Trinajstić information content (AvgIpc) is 2.87. The predicted molar refractivity (Wildman–Crippen MR) is 139 cm³/mol. The third kappa shape index (κ3) is 6.34. The van der Waals surface area contributed by atoms with Gasteiger partial charge in [-0.1, -0.05) is 13.0 Å². The average molecular weight is 567 g/mol. The van der Waals surface area contributed by atoms with Crippen LogP contribution in [0.4, 0.5) is 13.2 Å². The van der Waals surface area contributed by atoms with E-state index in [4.69, 9.17) is 15.2 Å². The first-order valence-electron chi connectivity index (χ1n) is 12.2. The Hall–Kier alpha value is -3.23. The molecule has 210 valence electrons. The molecule has 2 heterocycles. The summed E-state index contributed by atoms with van der Waals surface area (Å²) in [5.74, 6) is -2.49. The largest absolute Gasteiger partial charge is 0.495 e. The van der Waals surface area contributed by atoms with Gasteiger partial charge in [-0.15, -0.1) is 0 Å². The van der Waals surface area contributed by atoms with Crippen molar-refractivity contribution < 1.29 is 31.1 Å². The number of benzene rings is 2. The lowest BCUT2D eigenvalue weighted by Crippen LogP contribution is -2.52. The molecule has 1 aliphatic rings. The molecule has 3 N–H and O–H groups in total. The molecular weight excluding hydrogens is 537 g/mol. The van der Waals surface area contributed by atoms with Crippen molar-refractivity contribution in [3.8, 4) is 22.6 Å². The van der Waals surface area contributed by atoms with E-state index >= 15 is 4.39 Å². The summed E-state index contributed by atoms with van der Waals surface area (Å²) in [6, 6.07) is 7.74. The Morgan fingerprint density at radius 1 is 1.10 bits per heavy atom. The van der Waals surface area contributed by atoms with Crippen LogP contribution in [0.15, 0.2) is 47.3 Å². The van der Waals surface area contributed by atoms with Crippen LogP contribution in [0.5, 0.6) is 5.75 Å². The van der Waals surface area contributed by atoms with Crippen molar-refractivity contribution >= 4 is 10.2 Å². The Morgan fingerprint density at radius 2 is 1.82 bits per heavy atom. The number of halogens is 3. The summed E-state index contributed by atoms with van der Waals surface area (Å²) in [5.41, 5.74) is 6.30. The van der Waals surface area contributed by atoms with Gasteiger partial charge in [-0.25, -0.2) is 13.2 Å². The summed E-state index contributed by atoms with van der Waals surface area (Å²) in [4.78, 5) is 13.0. The van der Waals surface area contributed by atoms with Gasteiger partial charge in [0.05, 0.1) is 25.6 Å². The van der Waals surface area contributed by atoms with E-state index in [9.17, 15) is 22.0 Å². The van der Waals surface area contributed by atoms with E-state index < -0.39 is 39.4 Å². The molecule has 2 aromatic carbocycles. The third-order valence-electron chi connectivity index (χ3n) is 6.20. The van der Waals surface area contributed by atoms with Gasteiger partial charge in [-0.2, -0.15) is 17.4 Å². The molecule has 1 unspecified atom stereocenters. The number of fused-ring (bicyclic) bond motifs is 1. The molecule has 39 heavy (non-hydrogen) atoms. The zero-order valence-corrected chi connectivity index (χ0v) is 22.2. The first-order chi connectivity index (χ1) is 18.5. The molecule has 0 bridgehead atoms. The van der Waals surface area contributed by atoms with Crippen molar-refractivity contribution in [2.24, 2.45) is 5.73 Å². The summed E-state index contributed by atoms with van der Waals surface area (Å²) in [6.45, 7) is 2.36. The topological polar surface area (TPSA) is 116 Å². The first kappa shape index (κ1) is 28.8. The molecule has 1 aromatic heterocycles. The van der Waals surface area contributed by atoms with Crippen molar-refractivity contribution in [2.75, 3.05) is 26.9 Å². The van der Waals surface area contributed by atoms with E-state index in [2.05, 4.69) is 4.72 Å². The maximum absolute atomic E-state index is 15.3. The number of aromatic nitrogens is 1. The fourth-order valence-corrected chi connectivity index (χ4v) is 5.71. The smallest absolute Gasteiger partial charge is 0.281 e. The Bertz CT molecular complexity index is 1510. The standard InChI is InChI=1S/C26H29F3N4O5S/c1-3-8-38-15-25(30)31-39(35,36)32-7-6-22-16(14-32)4-5-26(34)33(22)23-13-21(29)20(12-24(23)37-2)17-9-18(27)11-19(28)10-17/h4-5,9-13,25,31H,3,6-8,14-15,30H2,1-2H3. The van der Waals surface area contributed by atoms with Gasteiger partial charge < -0.3 is 15.2 Å². The zero-order chi connectivity index (χ0) is 28.3. The molecular formula is C26H29F3N4O5S. The second-order valence-electron chi connectivity index (χ2n) is 9.03. The SMILES string of the molecule is CCCOCC(N)NS(=O)(=O)N1CCc2c(ccc(=O)n2-c2cc(F)c(-c3cc(F)cc(F)c3)cc2OC)C1. The molecule has 0 aliphatic carbocycles. The third-order valence-corrected chi connectivity index (χ3v) is 7.79. The fraction of sp³-hybridized carbons (Fsp3) is 0.346. The van der Waals surface area contributed by atoms with E-state index in [0.717, 1.165) is 24.6 Å². The molecule has 0 saturated carbocycles. The maximum Gasteiger partial charge on any atom is 0.281 e. The van der Waals surface area contributed by atoms with E-state index in [1.54, 1.807) is 0 Å². The van der Waals surface area contributed by atoms with Gasteiger partial charge in [-0.05, 0) is 35.7 Å². The van der Waals surface area contributed by atoms with E-state index in [-0.39, 0.29) is 48.7 Å². The van der Waals surface area contributed by atoms with E-state index in [1.165, 1.54) is 34.2 Å². The molecule has 1 aliphatic heterocycles. The highest BCUT2D eigenvalue weighted by molar-refractivity contribution is 7.87. The van der Waals surface area contributed by atoms with Gasteiger partial charge in [0.2, 0.25) is 0 Å². The summed E-state index contributed by atoms with van der Waals surface area (Å²) in [5, 5.41) is 0. The molecule has 0 amide bonds. The van der Waals surface area contributed by atoms with E-state index in [1.807, 2.05) is 6.92 Å². The lowest BCUT2D eigenvalue weighted by atomic mass is 10.0. The number of nitrogens with one attached hydrogen (secondary N) is 1. The summed E-state index contributed by atoms with van der Waals surface area (Å²) in [7, 11) is -2.65. The highest BCUT2D eigenvalue weighted by Gasteiger charge is 2.30. The summed E-state index contributed by atoms with van der Waals surface area (Å²) >= 11 is 0. The van der Waals surface area contributed by atoms with Crippen LogP contribution in [0.1, 0.15) is 24.6 Å². The van der Waals surface area contributed by atoms with Crippen LogP contribution in [0, 0.1) is 17.5 Å². The Kier molecular flexibility index (Phi) is 8.76. The Balaban J connectivity index is 1.68. The minimum Gasteiger partial charge on any atom is -0.495 e. The number of rotatable bonds is 10. The van der Waals surface area contributed by atoms with Crippen LogP contribution < -0.4 is 20.8 Å². The molecule has 0 saturated heterocycles. The minimum atomic E-state index is -3.97. The number of hydrogen-bond donors (Lipinski definition) is 2. The number of nitrogens with zero attached hydrogens (tertiary/aromatic N) is 2. The van der Waals surface area contributed by atoms with Crippen LogP contribution in [-0.2, 0) is 27.9 Å². The zero-order valence-electron chi connectivity index (χ0n) is 21.4. The molecule has 3 aromatic rings. The van der Waals surface area contributed by atoms with Crippen molar-refractivity contribution in [1.82, 2.24) is 13.6 Å². The summed E-state index contributed by atoms with van der Waals surface area (Å²) in [6.07, 6.45) is -0.0328. The monoisotopic (exact) mass is 566 g/mol. The fourth-order valence-electron chi connectivity index (χ4n) is 4.47. The molecule has 9 nitrogen and oxygen atoms in total. The molecule has 0 spiro atoms. The van der Waals surface area contributed by atoms with Crippen LogP contribution in [0.3, 0.4) is 0 Å². The van der Waals surface area contributed by atoms with Gasteiger partial charge in [-0.3, -0.25) is 9.36 Å². The second kappa shape index (κ2) is 11.9. The first-order valence-corrected chi connectivity index (χ1v) is 13.7. The normalized spacial score (nSPS) is 14.7. The predicted octanol–water partition coefficient (Wildman–Crippen LogP) is 2.83. The van der Waals surface area contributed by atoms with Crippen LogP contribution in [0.2, 0.25) is 0 Å². The number of pyridine rings is 1. The van der Waals surface area contributed by atoms with Crippen LogP contribution >= 0.6 is 0 Å². The van der Waals surface area contributed by atoms with Crippen molar-refractivity contribution in [3.63, 3.8) is 0 Å². The van der Waals surface area contributed by atoms with Crippen molar-refractivity contribution in [3.05, 3.63) is 81.5 Å². The molecule has 4 rings (SSSR count). The highest BCUT2D eigenvalue weighted by atomic mass is 32.2. The summed E-state index contributed by atoms with van der Waals surface area (Å²) < 4.78 is 84.2. The Morgan fingerprint density at radius 3 is 2.49 bits per heavy atom. The van der Waals surface area contributed by atoms with Gasteiger partial charge in [0, 0.05) is 55.6 Å². The lowest BCUT2D eigenvalue weighted by Gasteiger charge is -2.31. The van der Waals surface area contributed by atoms with Gasteiger partial charge in [0.25, 0.3) is 15.8 Å². The number of nitrogens with two attached hydrogens (primary N) is 1.